The number of carbonyl (C=O) groups excluding carboxylic acids is 6. The van der Waals surface area contributed by atoms with E-state index in [4.69, 9.17) is 0 Å². The van der Waals surface area contributed by atoms with Crippen molar-refractivity contribution in [2.75, 3.05) is 13.6 Å². The minimum atomic E-state index is -2.94. The maximum absolute atomic E-state index is 13.8. The number of ketones is 1. The Hall–Kier alpha value is -3.12. The minimum Gasteiger partial charge on any atom is -0.356 e. The molecular formula is C29H45F2N5O6. The zero-order valence-corrected chi connectivity index (χ0v) is 25.2. The van der Waals surface area contributed by atoms with Gasteiger partial charge in [-0.1, -0.05) is 34.1 Å². The first-order valence-electron chi connectivity index (χ1n) is 14.9. The lowest BCUT2D eigenvalue weighted by molar-refractivity contribution is -0.155. The lowest BCUT2D eigenvalue weighted by Crippen LogP contribution is -2.61. The highest BCUT2D eigenvalue weighted by atomic mass is 19.3. The Morgan fingerprint density at radius 1 is 1.07 bits per heavy atom. The number of rotatable bonds is 13. The van der Waals surface area contributed by atoms with Crippen LogP contribution in [0.5, 0.6) is 0 Å². The summed E-state index contributed by atoms with van der Waals surface area (Å²) in [5.41, 5.74) is -0.885. The van der Waals surface area contributed by atoms with Gasteiger partial charge in [-0.05, 0) is 44.4 Å². The fraction of sp³-hybridized carbons (Fsp3) is 0.793. The summed E-state index contributed by atoms with van der Waals surface area (Å²) in [6, 6.07) is -3.76. The number of nitrogens with one attached hydrogen (secondary N) is 4. The molecular weight excluding hydrogens is 552 g/mol. The maximum Gasteiger partial charge on any atom is 0.289 e. The molecule has 0 aromatic rings. The lowest BCUT2D eigenvalue weighted by Gasteiger charge is -2.42. The van der Waals surface area contributed by atoms with Crippen molar-refractivity contribution in [3.05, 3.63) is 0 Å². The third-order valence-corrected chi connectivity index (χ3v) is 8.20. The number of alkyl halides is 2. The predicted octanol–water partition coefficient (Wildman–Crippen LogP) is 1.44. The van der Waals surface area contributed by atoms with Crippen LogP contribution in [0.25, 0.3) is 0 Å². The van der Waals surface area contributed by atoms with E-state index in [2.05, 4.69) is 21.3 Å². The third kappa shape index (κ3) is 8.70. The van der Waals surface area contributed by atoms with Gasteiger partial charge in [0.15, 0.2) is 0 Å². The summed E-state index contributed by atoms with van der Waals surface area (Å²) in [7, 11) is 1.36. The first-order chi connectivity index (χ1) is 19.5. The molecule has 13 heteroatoms. The molecule has 2 saturated carbocycles. The summed E-state index contributed by atoms with van der Waals surface area (Å²) in [5, 5.41) is 10.6. The Balaban J connectivity index is 1.80. The summed E-state index contributed by atoms with van der Waals surface area (Å²) in [5.74, 6) is -8.18. The number of piperidine rings is 1. The average Bonchev–Trinajstić information content (AvgIpc) is 3.71. The fourth-order valence-electron chi connectivity index (χ4n) is 5.32. The van der Waals surface area contributed by atoms with Gasteiger partial charge in [-0.25, -0.2) is 8.78 Å². The summed E-state index contributed by atoms with van der Waals surface area (Å²) < 4.78 is 27.6. The Kier molecular flexibility index (Phi) is 10.7. The van der Waals surface area contributed by atoms with E-state index in [1.807, 2.05) is 0 Å². The molecule has 0 aromatic heterocycles. The molecule has 0 spiro atoms. The first kappa shape index (κ1) is 33.4. The van der Waals surface area contributed by atoms with Crippen LogP contribution < -0.4 is 21.3 Å². The van der Waals surface area contributed by atoms with Gasteiger partial charge in [-0.15, -0.1) is 0 Å². The van der Waals surface area contributed by atoms with Gasteiger partial charge in [0.25, 0.3) is 5.91 Å². The summed E-state index contributed by atoms with van der Waals surface area (Å²) in [6.45, 7) is 7.22. The van der Waals surface area contributed by atoms with Crippen molar-refractivity contribution in [2.24, 2.45) is 17.3 Å². The smallest absolute Gasteiger partial charge is 0.289 e. The monoisotopic (exact) mass is 597 g/mol. The molecule has 236 valence electrons. The van der Waals surface area contributed by atoms with Crippen molar-refractivity contribution < 1.29 is 37.5 Å². The predicted molar refractivity (Wildman–Crippen MR) is 149 cm³/mol. The zero-order chi connectivity index (χ0) is 31.4. The highest BCUT2D eigenvalue weighted by Gasteiger charge is 2.52. The van der Waals surface area contributed by atoms with Crippen LogP contribution in [0.2, 0.25) is 0 Å². The van der Waals surface area contributed by atoms with Crippen molar-refractivity contribution in [2.45, 2.75) is 116 Å². The normalized spacial score (nSPS) is 22.5. The molecule has 11 nitrogen and oxygen atoms in total. The number of carbonyl (C=O) groups is 6. The molecule has 0 unspecified atom stereocenters. The lowest BCUT2D eigenvalue weighted by atomic mass is 9.75. The van der Waals surface area contributed by atoms with Crippen LogP contribution in [-0.4, -0.2) is 83.9 Å². The third-order valence-electron chi connectivity index (χ3n) is 8.20. The number of Topliss-reactive ketones (excluding diaryl/α,β-unsaturated/α-hetero) is 1. The van der Waals surface area contributed by atoms with Gasteiger partial charge in [0.2, 0.25) is 35.3 Å². The summed E-state index contributed by atoms with van der Waals surface area (Å²) in [4.78, 5) is 79.5. The van der Waals surface area contributed by atoms with Crippen molar-refractivity contribution in [3.63, 3.8) is 0 Å². The van der Waals surface area contributed by atoms with E-state index in [0.717, 1.165) is 17.7 Å². The van der Waals surface area contributed by atoms with Crippen LogP contribution in [-0.2, 0) is 28.8 Å². The van der Waals surface area contributed by atoms with Crippen LogP contribution in [0.4, 0.5) is 8.78 Å². The molecule has 42 heavy (non-hydrogen) atoms. The van der Waals surface area contributed by atoms with Gasteiger partial charge in [0.1, 0.15) is 12.1 Å². The van der Waals surface area contributed by atoms with E-state index in [-0.39, 0.29) is 24.8 Å². The molecule has 0 radical (unpaired) electrons. The van der Waals surface area contributed by atoms with E-state index in [1.54, 1.807) is 27.7 Å². The van der Waals surface area contributed by atoms with Gasteiger partial charge in [-0.3, -0.25) is 28.8 Å². The molecule has 1 saturated heterocycles. The Morgan fingerprint density at radius 2 is 1.71 bits per heavy atom. The molecule has 3 fully saturated rings. The molecule has 1 aliphatic heterocycles. The standard InChI is InChI=1S/C29H45F2N5O6/c1-6-8-20(36(5)26(41)21(17-14-29(30,31)15-17)35-27(42)28(2,3)4)24(39)34-19(13-16-9-7-12-32-23(16)38)22(37)25(40)33-18-10-11-18/h16-21H,6-15H2,1-5H3,(H,32,38)(H,33,40)(H,34,39)(H,35,42)/t16-,19-,20-,21+/m0/s1. The van der Waals surface area contributed by atoms with Crippen LogP contribution >= 0.6 is 0 Å². The van der Waals surface area contributed by atoms with Gasteiger partial charge in [0.05, 0.1) is 6.04 Å². The quantitative estimate of drug-likeness (QED) is 0.236. The van der Waals surface area contributed by atoms with Gasteiger partial charge in [-0.2, -0.15) is 0 Å². The number of amides is 5. The summed E-state index contributed by atoms with van der Waals surface area (Å²) >= 11 is 0. The van der Waals surface area contributed by atoms with Crippen molar-refractivity contribution in [1.29, 1.82) is 0 Å². The number of nitrogens with zero attached hydrogens (tertiary/aromatic N) is 1. The van der Waals surface area contributed by atoms with Gasteiger partial charge in [0, 0.05) is 43.8 Å². The highest BCUT2D eigenvalue weighted by Crippen LogP contribution is 2.44. The van der Waals surface area contributed by atoms with Crippen LogP contribution in [0.15, 0.2) is 0 Å². The minimum absolute atomic E-state index is 0.0770. The Labute approximate surface area is 245 Å². The second-order valence-electron chi connectivity index (χ2n) is 13.0. The number of halogens is 2. The Bertz CT molecular complexity index is 1070. The topological polar surface area (TPSA) is 154 Å². The van der Waals surface area contributed by atoms with E-state index in [0.29, 0.717) is 25.8 Å². The van der Waals surface area contributed by atoms with Crippen molar-refractivity contribution in [1.82, 2.24) is 26.2 Å². The Morgan fingerprint density at radius 3 is 2.24 bits per heavy atom. The second kappa shape index (κ2) is 13.5. The molecule has 2 aliphatic carbocycles. The molecule has 1 heterocycles. The van der Waals surface area contributed by atoms with E-state index in [1.165, 1.54) is 7.05 Å². The molecule has 4 atom stereocenters. The van der Waals surface area contributed by atoms with E-state index in [9.17, 15) is 37.5 Å². The molecule has 4 N–H and O–H groups in total. The fourth-order valence-corrected chi connectivity index (χ4v) is 5.32. The zero-order valence-electron chi connectivity index (χ0n) is 25.2. The molecule has 3 rings (SSSR count). The van der Waals surface area contributed by atoms with Gasteiger partial charge < -0.3 is 26.2 Å². The number of hydrogen-bond acceptors (Lipinski definition) is 6. The molecule has 5 amide bonds. The van der Waals surface area contributed by atoms with Crippen LogP contribution in [0, 0.1) is 17.3 Å². The average molecular weight is 598 g/mol. The van der Waals surface area contributed by atoms with Crippen molar-refractivity contribution in [3.8, 4) is 0 Å². The van der Waals surface area contributed by atoms with Crippen molar-refractivity contribution >= 4 is 35.3 Å². The molecule has 3 aliphatic rings. The van der Waals surface area contributed by atoms with Crippen LogP contribution in [0.3, 0.4) is 0 Å². The maximum atomic E-state index is 13.8. The SMILES string of the molecule is CCC[C@@H](C(=O)N[C@@H](C[C@@H]1CCCNC1=O)C(=O)C(=O)NC1CC1)N(C)C(=O)[C@H](NC(=O)C(C)(C)C)C1CC(F)(F)C1. The van der Waals surface area contributed by atoms with Crippen LogP contribution in [0.1, 0.15) is 85.5 Å². The second-order valence-corrected chi connectivity index (χ2v) is 13.0. The first-order valence-corrected chi connectivity index (χ1v) is 14.9. The number of hydrogen-bond donors (Lipinski definition) is 4. The van der Waals surface area contributed by atoms with Gasteiger partial charge >= 0.3 is 0 Å². The van der Waals surface area contributed by atoms with E-state index < -0.39 is 83.6 Å². The number of likely N-dealkylation sites (N-methyl/N-ethyl adjacent to an activating group) is 1. The van der Waals surface area contributed by atoms with E-state index >= 15 is 0 Å². The summed E-state index contributed by atoms with van der Waals surface area (Å²) in [6.07, 6.45) is 2.12. The molecule has 0 bridgehead atoms. The molecule has 0 aromatic carbocycles. The highest BCUT2D eigenvalue weighted by molar-refractivity contribution is 6.38. The largest absolute Gasteiger partial charge is 0.356 e.